The lowest BCUT2D eigenvalue weighted by molar-refractivity contribution is -0.119. The first kappa shape index (κ1) is 10.6. The number of carbonyl (C=O) groups is 1. The molecule has 0 spiro atoms. The van der Waals surface area contributed by atoms with Crippen molar-refractivity contribution in [2.75, 3.05) is 6.54 Å². The lowest BCUT2D eigenvalue weighted by Gasteiger charge is -2.20. The molecule has 13 heavy (non-hydrogen) atoms. The van der Waals surface area contributed by atoms with Crippen molar-refractivity contribution in [2.24, 2.45) is 5.41 Å². The number of carbonyl (C=O) groups excluding carboxylic acids is 1. The van der Waals surface area contributed by atoms with Crippen molar-refractivity contribution in [1.29, 1.82) is 0 Å². The van der Waals surface area contributed by atoms with E-state index < -0.39 is 0 Å². The molecule has 0 aromatic heterocycles. The van der Waals surface area contributed by atoms with E-state index in [1.54, 1.807) is 0 Å². The van der Waals surface area contributed by atoms with Crippen LogP contribution in [0.4, 0.5) is 0 Å². The molecule has 0 bridgehead atoms. The van der Waals surface area contributed by atoms with Gasteiger partial charge in [-0.2, -0.15) is 0 Å². The summed E-state index contributed by atoms with van der Waals surface area (Å²) in [5.41, 5.74) is 0.255. The lowest BCUT2D eigenvalue weighted by atomic mass is 9.84. The Hall–Kier alpha value is -0.530. The summed E-state index contributed by atoms with van der Waals surface area (Å²) in [6, 6.07) is 0. The fourth-order valence-corrected chi connectivity index (χ4v) is 1.98. The van der Waals surface area contributed by atoms with Gasteiger partial charge in [0.05, 0.1) is 0 Å². The fraction of sp³-hybridized carbons (Fsp3) is 0.909. The Balaban J connectivity index is 2.16. The Morgan fingerprint density at radius 1 is 1.38 bits per heavy atom. The van der Waals surface area contributed by atoms with E-state index in [0.29, 0.717) is 0 Å². The largest absolute Gasteiger partial charge is 0.356 e. The molecular weight excluding hydrogens is 162 g/mol. The highest BCUT2D eigenvalue weighted by molar-refractivity contribution is 5.79. The second-order valence-corrected chi connectivity index (χ2v) is 4.57. The molecule has 1 amide bonds. The smallest absolute Gasteiger partial charge is 0.220 e. The van der Waals surface area contributed by atoms with Gasteiger partial charge in [0.25, 0.3) is 0 Å². The summed E-state index contributed by atoms with van der Waals surface area (Å²) in [5.74, 6) is 0.234. The second-order valence-electron chi connectivity index (χ2n) is 4.57. The van der Waals surface area contributed by atoms with Crippen LogP contribution in [-0.2, 0) is 4.79 Å². The van der Waals surface area contributed by atoms with E-state index in [2.05, 4.69) is 19.2 Å². The van der Waals surface area contributed by atoms with Gasteiger partial charge < -0.3 is 5.32 Å². The molecule has 1 fully saturated rings. The second kappa shape index (κ2) is 4.64. The Morgan fingerprint density at radius 3 is 2.69 bits per heavy atom. The Bertz CT molecular complexity index is 179. The summed E-state index contributed by atoms with van der Waals surface area (Å²) < 4.78 is 0. The number of rotatable bonds is 5. The molecule has 1 rings (SSSR count). The lowest BCUT2D eigenvalue weighted by Crippen LogP contribution is -2.20. The molecule has 0 aliphatic carbocycles. The molecule has 1 atom stereocenters. The van der Waals surface area contributed by atoms with Gasteiger partial charge in [0.15, 0.2) is 0 Å². The van der Waals surface area contributed by atoms with Gasteiger partial charge in [-0.05, 0) is 11.8 Å². The van der Waals surface area contributed by atoms with Crippen molar-refractivity contribution in [3.05, 3.63) is 0 Å². The predicted octanol–water partition coefficient (Wildman–Crippen LogP) is 2.48. The van der Waals surface area contributed by atoms with E-state index in [-0.39, 0.29) is 11.3 Å². The average Bonchev–Trinajstić information content (AvgIpc) is 2.41. The third-order valence-corrected chi connectivity index (χ3v) is 2.93. The van der Waals surface area contributed by atoms with Gasteiger partial charge >= 0.3 is 0 Å². The molecule has 1 aliphatic rings. The first-order valence-electron chi connectivity index (χ1n) is 5.43. The topological polar surface area (TPSA) is 29.1 Å². The highest BCUT2D eigenvalue weighted by atomic mass is 16.1. The van der Waals surface area contributed by atoms with E-state index in [0.717, 1.165) is 13.0 Å². The van der Waals surface area contributed by atoms with Crippen LogP contribution in [0.2, 0.25) is 0 Å². The first-order chi connectivity index (χ1) is 6.16. The zero-order valence-electron chi connectivity index (χ0n) is 8.86. The van der Waals surface area contributed by atoms with E-state index in [9.17, 15) is 4.79 Å². The average molecular weight is 183 g/mol. The maximum atomic E-state index is 11.0. The third-order valence-electron chi connectivity index (χ3n) is 2.93. The molecule has 2 heteroatoms. The number of hydrogen-bond acceptors (Lipinski definition) is 1. The van der Waals surface area contributed by atoms with Crippen molar-refractivity contribution in [1.82, 2.24) is 5.32 Å². The van der Waals surface area contributed by atoms with Gasteiger partial charge in [-0.25, -0.2) is 0 Å². The van der Waals surface area contributed by atoms with Crippen molar-refractivity contribution in [3.8, 4) is 0 Å². The Kier molecular flexibility index (Phi) is 3.76. The molecule has 76 valence electrons. The van der Waals surface area contributed by atoms with Crippen LogP contribution in [0.25, 0.3) is 0 Å². The summed E-state index contributed by atoms with van der Waals surface area (Å²) in [4.78, 5) is 11.0. The Morgan fingerprint density at radius 2 is 2.15 bits per heavy atom. The molecule has 0 aromatic rings. The van der Waals surface area contributed by atoms with Gasteiger partial charge in [-0.3, -0.25) is 4.79 Å². The number of hydrogen-bond donors (Lipinski definition) is 1. The molecule has 0 saturated carbocycles. The molecule has 1 heterocycles. The number of amides is 1. The summed E-state index contributed by atoms with van der Waals surface area (Å²) in [6.45, 7) is 5.33. The minimum absolute atomic E-state index is 0.234. The zero-order chi connectivity index (χ0) is 9.73. The quantitative estimate of drug-likeness (QED) is 0.652. The molecule has 2 nitrogen and oxygen atoms in total. The van der Waals surface area contributed by atoms with Gasteiger partial charge in [0.2, 0.25) is 5.91 Å². The number of unbranched alkanes of at least 4 members (excludes halogenated alkanes) is 3. The SMILES string of the molecule is CCCCCCC1(C)CNC(=O)C1. The van der Waals surface area contributed by atoms with Crippen LogP contribution in [-0.4, -0.2) is 12.5 Å². The van der Waals surface area contributed by atoms with E-state index in [4.69, 9.17) is 0 Å². The maximum Gasteiger partial charge on any atom is 0.220 e. The van der Waals surface area contributed by atoms with Crippen LogP contribution >= 0.6 is 0 Å². The van der Waals surface area contributed by atoms with Crippen molar-refractivity contribution in [3.63, 3.8) is 0 Å². The molecular formula is C11H21NO. The minimum Gasteiger partial charge on any atom is -0.356 e. The highest BCUT2D eigenvalue weighted by Gasteiger charge is 2.32. The third kappa shape index (κ3) is 3.37. The van der Waals surface area contributed by atoms with Gasteiger partial charge in [0, 0.05) is 13.0 Å². The van der Waals surface area contributed by atoms with Crippen LogP contribution in [0.15, 0.2) is 0 Å². The van der Waals surface area contributed by atoms with Crippen LogP contribution < -0.4 is 5.32 Å². The summed E-state index contributed by atoms with van der Waals surface area (Å²) in [6.07, 6.45) is 7.15. The van der Waals surface area contributed by atoms with Gasteiger partial charge in [0.1, 0.15) is 0 Å². The van der Waals surface area contributed by atoms with Crippen molar-refractivity contribution >= 4 is 5.91 Å². The van der Waals surface area contributed by atoms with Crippen LogP contribution in [0.3, 0.4) is 0 Å². The normalized spacial score (nSPS) is 27.7. The molecule has 0 radical (unpaired) electrons. The summed E-state index contributed by atoms with van der Waals surface area (Å²) >= 11 is 0. The summed E-state index contributed by atoms with van der Waals surface area (Å²) in [7, 11) is 0. The molecule has 1 unspecified atom stereocenters. The van der Waals surface area contributed by atoms with Gasteiger partial charge in [-0.15, -0.1) is 0 Å². The molecule has 1 N–H and O–H groups in total. The van der Waals surface area contributed by atoms with Crippen molar-refractivity contribution < 1.29 is 4.79 Å². The maximum absolute atomic E-state index is 11.0. The van der Waals surface area contributed by atoms with Crippen molar-refractivity contribution in [2.45, 2.75) is 52.4 Å². The van der Waals surface area contributed by atoms with Crippen LogP contribution in [0.5, 0.6) is 0 Å². The first-order valence-corrected chi connectivity index (χ1v) is 5.43. The molecule has 1 saturated heterocycles. The molecule has 1 aliphatic heterocycles. The van der Waals surface area contributed by atoms with E-state index >= 15 is 0 Å². The van der Waals surface area contributed by atoms with Crippen LogP contribution in [0, 0.1) is 5.41 Å². The molecule has 0 aromatic carbocycles. The number of nitrogens with one attached hydrogen (secondary N) is 1. The van der Waals surface area contributed by atoms with Crippen LogP contribution in [0.1, 0.15) is 52.4 Å². The highest BCUT2D eigenvalue weighted by Crippen LogP contribution is 2.31. The van der Waals surface area contributed by atoms with E-state index in [1.807, 2.05) is 0 Å². The predicted molar refractivity (Wildman–Crippen MR) is 54.5 cm³/mol. The fourth-order valence-electron chi connectivity index (χ4n) is 1.98. The summed E-state index contributed by atoms with van der Waals surface area (Å²) in [5, 5.41) is 2.91. The monoisotopic (exact) mass is 183 g/mol. The van der Waals surface area contributed by atoms with E-state index in [1.165, 1.54) is 32.1 Å². The zero-order valence-corrected chi connectivity index (χ0v) is 8.86. The minimum atomic E-state index is 0.234. The van der Waals surface area contributed by atoms with Gasteiger partial charge in [-0.1, -0.05) is 39.5 Å². The standard InChI is InChI=1S/C11H21NO/c1-3-4-5-6-7-11(2)8-10(13)12-9-11/h3-9H2,1-2H3,(H,12,13). The Labute approximate surface area is 81.1 Å².